The van der Waals surface area contributed by atoms with Gasteiger partial charge in [0.2, 0.25) is 6.79 Å². The van der Waals surface area contributed by atoms with Crippen molar-refractivity contribution in [1.29, 1.82) is 0 Å². The Morgan fingerprint density at radius 1 is 0.967 bits per heavy atom. The van der Waals surface area contributed by atoms with Crippen molar-refractivity contribution in [1.82, 2.24) is 14.6 Å². The van der Waals surface area contributed by atoms with Crippen LogP contribution in [-0.2, 0) is 0 Å². The molecule has 6 heteroatoms. The molecule has 0 radical (unpaired) electrons. The van der Waals surface area contributed by atoms with Crippen LogP contribution in [0.25, 0.3) is 23.0 Å². The average molecular weight is 394 g/mol. The fraction of sp³-hybridized carbons (Fsp3) is 0.0833. The van der Waals surface area contributed by atoms with Crippen LogP contribution in [0.5, 0.6) is 11.5 Å². The van der Waals surface area contributed by atoms with Crippen molar-refractivity contribution in [2.75, 3.05) is 12.2 Å². The lowest BCUT2D eigenvalue weighted by molar-refractivity contribution is 0.174. The summed E-state index contributed by atoms with van der Waals surface area (Å²) in [6.07, 6.45) is 5.68. The number of ether oxygens (including phenoxy) is 2. The Balaban J connectivity index is 1.65. The summed E-state index contributed by atoms with van der Waals surface area (Å²) in [7, 11) is 0. The van der Waals surface area contributed by atoms with Crippen molar-refractivity contribution in [2.45, 2.75) is 6.92 Å². The Kier molecular flexibility index (Phi) is 3.64. The molecule has 0 aliphatic carbocycles. The fourth-order valence-electron chi connectivity index (χ4n) is 3.97. The number of imidazole rings is 1. The van der Waals surface area contributed by atoms with Gasteiger partial charge in [-0.3, -0.25) is 10.4 Å². The number of nitrogens with one attached hydrogen (secondary N) is 1. The van der Waals surface area contributed by atoms with Crippen LogP contribution in [0.15, 0.2) is 67.0 Å². The lowest BCUT2D eigenvalue weighted by Crippen LogP contribution is -2.30. The average Bonchev–Trinajstić information content (AvgIpc) is 3.32. The van der Waals surface area contributed by atoms with Gasteiger partial charge in [-0.05, 0) is 42.5 Å². The van der Waals surface area contributed by atoms with Crippen LogP contribution in [-0.4, -0.2) is 21.4 Å². The van der Waals surface area contributed by atoms with Crippen molar-refractivity contribution in [3.8, 4) is 22.8 Å². The Morgan fingerprint density at radius 2 is 1.77 bits per heavy atom. The van der Waals surface area contributed by atoms with Gasteiger partial charge in [0.25, 0.3) is 0 Å². The summed E-state index contributed by atoms with van der Waals surface area (Å²) in [5, 5.41) is 2.06. The zero-order chi connectivity index (χ0) is 20.1. The van der Waals surface area contributed by atoms with E-state index in [-0.39, 0.29) is 6.79 Å². The quantitative estimate of drug-likeness (QED) is 0.566. The number of pyridine rings is 1. The third kappa shape index (κ3) is 2.58. The Morgan fingerprint density at radius 3 is 2.57 bits per heavy atom. The van der Waals surface area contributed by atoms with Crippen molar-refractivity contribution in [2.24, 2.45) is 0 Å². The predicted octanol–water partition coefficient (Wildman–Crippen LogP) is 2.52. The molecule has 0 amide bonds. The SMILES string of the molecule is Cc1c(-c2cccnc2)nc2n1NC(c1ccccc1)=c1cc3c(cc1=C2)OCO3. The summed E-state index contributed by atoms with van der Waals surface area (Å²) in [6, 6.07) is 18.3. The first-order valence-corrected chi connectivity index (χ1v) is 9.76. The standard InChI is InChI=1S/C24H18N4O2/c1-15-23(17-8-5-9-25-13-17)26-22-11-18-10-20-21(30-14-29-20)12-19(18)24(27-28(15)22)16-6-3-2-4-7-16/h2-13,27H,14H2,1H3. The van der Waals surface area contributed by atoms with E-state index in [1.165, 1.54) is 0 Å². The summed E-state index contributed by atoms with van der Waals surface area (Å²) in [5.74, 6) is 2.32. The van der Waals surface area contributed by atoms with Crippen LogP contribution in [0.3, 0.4) is 0 Å². The third-order valence-electron chi connectivity index (χ3n) is 5.45. The number of hydrogen-bond donors (Lipinski definition) is 1. The molecule has 1 N–H and O–H groups in total. The van der Waals surface area contributed by atoms with E-state index in [9.17, 15) is 0 Å². The van der Waals surface area contributed by atoms with Crippen LogP contribution < -0.4 is 25.3 Å². The molecule has 0 bridgehead atoms. The van der Waals surface area contributed by atoms with Crippen LogP contribution in [0.2, 0.25) is 0 Å². The molecule has 2 aromatic heterocycles. The van der Waals surface area contributed by atoms with E-state index in [1.54, 1.807) is 6.20 Å². The van der Waals surface area contributed by atoms with Gasteiger partial charge in [-0.2, -0.15) is 0 Å². The first-order chi connectivity index (χ1) is 14.8. The van der Waals surface area contributed by atoms with E-state index in [0.29, 0.717) is 0 Å². The highest BCUT2D eigenvalue weighted by Crippen LogP contribution is 2.29. The molecule has 2 aliphatic heterocycles. The summed E-state index contributed by atoms with van der Waals surface area (Å²) >= 11 is 0. The molecule has 4 aromatic rings. The van der Waals surface area contributed by atoms with Gasteiger partial charge in [-0.25, -0.2) is 9.66 Å². The van der Waals surface area contributed by atoms with Crippen molar-refractivity contribution < 1.29 is 9.47 Å². The van der Waals surface area contributed by atoms with Crippen LogP contribution in [0.1, 0.15) is 17.1 Å². The molecule has 30 heavy (non-hydrogen) atoms. The molecule has 6 rings (SSSR count). The molecule has 2 aliphatic rings. The fourth-order valence-corrected chi connectivity index (χ4v) is 3.97. The minimum absolute atomic E-state index is 0.241. The van der Waals surface area contributed by atoms with Gasteiger partial charge in [-0.1, -0.05) is 30.3 Å². The monoisotopic (exact) mass is 394 g/mol. The molecule has 0 saturated heterocycles. The van der Waals surface area contributed by atoms with Gasteiger partial charge in [0.1, 0.15) is 0 Å². The van der Waals surface area contributed by atoms with Gasteiger partial charge < -0.3 is 9.47 Å². The Hall–Kier alpha value is -4.06. The van der Waals surface area contributed by atoms with E-state index in [1.807, 2.05) is 53.3 Å². The first-order valence-electron chi connectivity index (χ1n) is 9.76. The number of hydrogen-bond acceptors (Lipinski definition) is 5. The van der Waals surface area contributed by atoms with E-state index < -0.39 is 0 Å². The Bertz CT molecular complexity index is 1390. The zero-order valence-electron chi connectivity index (χ0n) is 16.3. The molecule has 4 heterocycles. The molecular formula is C24H18N4O2. The zero-order valence-corrected chi connectivity index (χ0v) is 16.3. The van der Waals surface area contributed by atoms with Gasteiger partial charge in [0, 0.05) is 28.7 Å². The maximum Gasteiger partial charge on any atom is 0.231 e. The minimum Gasteiger partial charge on any atom is -0.454 e. The lowest BCUT2D eigenvalue weighted by atomic mass is 10.1. The largest absolute Gasteiger partial charge is 0.454 e. The van der Waals surface area contributed by atoms with E-state index in [0.717, 1.165) is 56.0 Å². The van der Waals surface area contributed by atoms with E-state index in [2.05, 4.69) is 35.5 Å². The highest BCUT2D eigenvalue weighted by atomic mass is 16.7. The molecule has 6 nitrogen and oxygen atoms in total. The third-order valence-corrected chi connectivity index (χ3v) is 5.45. The molecule has 146 valence electrons. The van der Waals surface area contributed by atoms with Gasteiger partial charge in [0.15, 0.2) is 17.3 Å². The van der Waals surface area contributed by atoms with Crippen LogP contribution in [0.4, 0.5) is 0 Å². The Labute approximate surface area is 172 Å². The van der Waals surface area contributed by atoms with Crippen molar-refractivity contribution in [3.05, 3.63) is 94.5 Å². The summed E-state index contributed by atoms with van der Waals surface area (Å²) in [5.41, 5.74) is 8.56. The molecule has 0 fully saturated rings. The minimum atomic E-state index is 0.241. The normalized spacial score (nSPS) is 13.7. The van der Waals surface area contributed by atoms with Crippen LogP contribution in [0, 0.1) is 6.92 Å². The molecule has 0 unspecified atom stereocenters. The van der Waals surface area contributed by atoms with Crippen molar-refractivity contribution in [3.63, 3.8) is 0 Å². The summed E-state index contributed by atoms with van der Waals surface area (Å²) in [6.45, 7) is 2.30. The second kappa shape index (κ2) is 6.49. The lowest BCUT2D eigenvalue weighted by Gasteiger charge is -2.14. The van der Waals surface area contributed by atoms with Crippen molar-refractivity contribution >= 4 is 11.8 Å². The second-order valence-electron chi connectivity index (χ2n) is 7.27. The highest BCUT2D eigenvalue weighted by Gasteiger charge is 2.21. The predicted molar refractivity (Wildman–Crippen MR) is 114 cm³/mol. The topological polar surface area (TPSA) is 61.2 Å². The number of aromatic nitrogens is 3. The van der Waals surface area contributed by atoms with Crippen LogP contribution >= 0.6 is 0 Å². The van der Waals surface area contributed by atoms with Gasteiger partial charge in [-0.15, -0.1) is 0 Å². The van der Waals surface area contributed by atoms with Gasteiger partial charge in [0.05, 0.1) is 17.1 Å². The van der Waals surface area contributed by atoms with E-state index >= 15 is 0 Å². The smallest absolute Gasteiger partial charge is 0.231 e. The maximum absolute atomic E-state index is 5.64. The molecular weight excluding hydrogens is 376 g/mol. The second-order valence-corrected chi connectivity index (χ2v) is 7.27. The number of rotatable bonds is 2. The summed E-state index contributed by atoms with van der Waals surface area (Å²) in [4.78, 5) is 9.17. The molecule has 0 atom stereocenters. The van der Waals surface area contributed by atoms with Gasteiger partial charge >= 0.3 is 0 Å². The number of fused-ring (bicyclic) bond motifs is 3. The number of nitrogens with zero attached hydrogens (tertiary/aromatic N) is 3. The first kappa shape index (κ1) is 16.9. The van der Waals surface area contributed by atoms with E-state index in [4.69, 9.17) is 14.5 Å². The molecule has 2 aromatic carbocycles. The molecule has 0 spiro atoms. The summed E-state index contributed by atoms with van der Waals surface area (Å²) < 4.78 is 13.3. The molecule has 0 saturated carbocycles. The maximum atomic E-state index is 5.64. The highest BCUT2D eigenvalue weighted by molar-refractivity contribution is 5.74. The number of benzene rings is 2.